The van der Waals surface area contributed by atoms with E-state index >= 15 is 0 Å². The van der Waals surface area contributed by atoms with Gasteiger partial charge in [-0.05, 0) is 36.8 Å². The van der Waals surface area contributed by atoms with Crippen molar-refractivity contribution >= 4 is 11.6 Å². The summed E-state index contributed by atoms with van der Waals surface area (Å²) in [5, 5.41) is 7.88. The molecule has 6 nitrogen and oxygen atoms in total. The molecule has 3 rings (SSSR count). The highest BCUT2D eigenvalue weighted by Gasteiger charge is 2.33. The topological polar surface area (TPSA) is 62.5 Å². The molecule has 0 bridgehead atoms. The Bertz CT molecular complexity index is 1030. The molecular weight excluding hydrogens is 421 g/mol. The van der Waals surface area contributed by atoms with Gasteiger partial charge in [0, 0.05) is 44.7 Å². The summed E-state index contributed by atoms with van der Waals surface area (Å²) in [6.07, 6.45) is -4.60. The summed E-state index contributed by atoms with van der Waals surface area (Å²) in [5.74, 6) is -0.120. The molecule has 0 saturated heterocycles. The van der Waals surface area contributed by atoms with Crippen molar-refractivity contribution in [1.29, 1.82) is 0 Å². The average molecular weight is 446 g/mol. The normalized spacial score (nSPS) is 11.4. The smallest absolute Gasteiger partial charge is 0.406 e. The number of aryl methyl sites for hydroxylation is 2. The molecule has 0 saturated carbocycles. The van der Waals surface area contributed by atoms with Gasteiger partial charge in [-0.25, -0.2) is 0 Å². The molecule has 0 aliphatic rings. The van der Waals surface area contributed by atoms with Gasteiger partial charge >= 0.3 is 6.18 Å². The molecule has 1 amide bonds. The summed E-state index contributed by atoms with van der Waals surface area (Å²) >= 11 is 0. The fraction of sp³-hybridized carbons (Fsp3) is 0.348. The Morgan fingerprint density at radius 3 is 2.25 bits per heavy atom. The molecule has 9 heteroatoms. The van der Waals surface area contributed by atoms with Gasteiger partial charge in [0.2, 0.25) is 17.7 Å². The van der Waals surface area contributed by atoms with Gasteiger partial charge in [-0.1, -0.05) is 29.8 Å². The van der Waals surface area contributed by atoms with Crippen LogP contribution in [0.1, 0.15) is 23.4 Å². The largest absolute Gasteiger partial charge is 0.421 e. The maximum absolute atomic E-state index is 13.1. The van der Waals surface area contributed by atoms with Crippen molar-refractivity contribution in [2.75, 3.05) is 25.5 Å². The maximum Gasteiger partial charge on any atom is 0.406 e. The average Bonchev–Trinajstić information content (AvgIpc) is 3.20. The number of halogens is 3. The fourth-order valence-electron chi connectivity index (χ4n) is 3.11. The third-order valence-electron chi connectivity index (χ3n) is 4.87. The van der Waals surface area contributed by atoms with E-state index in [2.05, 4.69) is 10.2 Å². The van der Waals surface area contributed by atoms with Crippen LogP contribution in [0, 0.1) is 6.92 Å². The van der Waals surface area contributed by atoms with Gasteiger partial charge in [-0.15, -0.1) is 10.2 Å². The van der Waals surface area contributed by atoms with Crippen LogP contribution in [-0.2, 0) is 17.8 Å². The number of alkyl halides is 3. The third kappa shape index (κ3) is 6.57. The van der Waals surface area contributed by atoms with Crippen molar-refractivity contribution in [1.82, 2.24) is 15.1 Å². The van der Waals surface area contributed by atoms with Crippen molar-refractivity contribution in [2.24, 2.45) is 0 Å². The monoisotopic (exact) mass is 446 g/mol. The number of rotatable bonds is 8. The molecule has 1 aromatic heterocycles. The fourth-order valence-corrected chi connectivity index (χ4v) is 3.11. The van der Waals surface area contributed by atoms with Crippen LogP contribution >= 0.6 is 0 Å². The molecule has 0 aliphatic carbocycles. The number of carbonyl (C=O) groups excluding carboxylic acids is 1. The summed E-state index contributed by atoms with van der Waals surface area (Å²) in [6, 6.07) is 14.5. The molecule has 2 aromatic carbocycles. The zero-order valence-electron chi connectivity index (χ0n) is 18.2. The molecule has 0 unspecified atom stereocenters. The molecule has 0 spiro atoms. The van der Waals surface area contributed by atoms with Crippen molar-refractivity contribution in [2.45, 2.75) is 32.5 Å². The molecule has 0 aliphatic heterocycles. The van der Waals surface area contributed by atoms with E-state index in [1.807, 2.05) is 50.2 Å². The lowest BCUT2D eigenvalue weighted by Gasteiger charge is -2.24. The number of carbonyl (C=O) groups is 1. The van der Waals surface area contributed by atoms with Gasteiger partial charge < -0.3 is 14.2 Å². The minimum absolute atomic E-state index is 0.0611. The van der Waals surface area contributed by atoms with E-state index < -0.39 is 18.6 Å². The number of hydrogen-bond donors (Lipinski definition) is 0. The van der Waals surface area contributed by atoms with Crippen molar-refractivity contribution in [3.63, 3.8) is 0 Å². The first-order valence-electron chi connectivity index (χ1n) is 10.1. The predicted octanol–water partition coefficient (Wildman–Crippen LogP) is 4.63. The minimum Gasteiger partial charge on any atom is -0.421 e. The molecule has 1 heterocycles. The van der Waals surface area contributed by atoms with Gasteiger partial charge in [0.15, 0.2) is 0 Å². The van der Waals surface area contributed by atoms with Gasteiger partial charge in [-0.3, -0.25) is 4.79 Å². The molecule has 3 aromatic rings. The second kappa shape index (κ2) is 9.84. The van der Waals surface area contributed by atoms with Crippen LogP contribution in [0.2, 0.25) is 0 Å². The first kappa shape index (κ1) is 23.3. The van der Waals surface area contributed by atoms with E-state index in [-0.39, 0.29) is 25.3 Å². The molecule has 170 valence electrons. The summed E-state index contributed by atoms with van der Waals surface area (Å²) in [4.78, 5) is 15.3. The highest BCUT2D eigenvalue weighted by molar-refractivity contribution is 5.76. The minimum atomic E-state index is -4.50. The number of aromatic nitrogens is 2. The van der Waals surface area contributed by atoms with E-state index in [4.69, 9.17) is 4.42 Å². The lowest BCUT2D eigenvalue weighted by Crippen LogP contribution is -2.38. The third-order valence-corrected chi connectivity index (χ3v) is 4.87. The summed E-state index contributed by atoms with van der Waals surface area (Å²) < 4.78 is 44.8. The van der Waals surface area contributed by atoms with Crippen LogP contribution in [-0.4, -0.2) is 47.8 Å². The molecule has 0 N–H and O–H groups in total. The van der Waals surface area contributed by atoms with Crippen molar-refractivity contribution in [3.8, 4) is 11.5 Å². The molecule has 0 atom stereocenters. The number of amides is 1. The van der Waals surface area contributed by atoms with Crippen LogP contribution < -0.4 is 4.90 Å². The van der Waals surface area contributed by atoms with Crippen molar-refractivity contribution < 1.29 is 22.4 Å². The van der Waals surface area contributed by atoms with Crippen LogP contribution in [0.15, 0.2) is 52.9 Å². The number of hydrogen-bond acceptors (Lipinski definition) is 5. The lowest BCUT2D eigenvalue weighted by atomic mass is 10.1. The van der Waals surface area contributed by atoms with Gasteiger partial charge in [-0.2, -0.15) is 13.2 Å². The highest BCUT2D eigenvalue weighted by Crippen LogP contribution is 2.22. The standard InChI is InChI=1S/C23H25F3N4O2/c1-16-4-8-18(9-5-16)22-28-27-20(32-22)12-13-21(31)30(15-23(24,25)26)14-17-6-10-19(11-7-17)29(2)3/h4-11H,12-15H2,1-3H3. The Kier molecular flexibility index (Phi) is 7.17. The zero-order chi connectivity index (χ0) is 23.3. The quantitative estimate of drug-likeness (QED) is 0.505. The Morgan fingerprint density at radius 2 is 1.66 bits per heavy atom. The predicted molar refractivity (Wildman–Crippen MR) is 115 cm³/mol. The van der Waals surface area contributed by atoms with E-state index in [9.17, 15) is 18.0 Å². The SMILES string of the molecule is Cc1ccc(-c2nnc(CCC(=O)N(Cc3ccc(N(C)C)cc3)CC(F)(F)F)o2)cc1. The Morgan fingerprint density at radius 1 is 1.00 bits per heavy atom. The second-order valence-corrected chi connectivity index (χ2v) is 7.79. The Balaban J connectivity index is 1.65. The molecule has 0 radical (unpaired) electrons. The summed E-state index contributed by atoms with van der Waals surface area (Å²) in [5.41, 5.74) is 3.36. The maximum atomic E-state index is 13.1. The Labute approximate surface area is 184 Å². The van der Waals surface area contributed by atoms with E-state index in [1.165, 1.54) is 0 Å². The highest BCUT2D eigenvalue weighted by atomic mass is 19.4. The van der Waals surface area contributed by atoms with Crippen LogP contribution in [0.5, 0.6) is 0 Å². The number of nitrogens with zero attached hydrogens (tertiary/aromatic N) is 4. The zero-order valence-corrected chi connectivity index (χ0v) is 18.2. The first-order chi connectivity index (χ1) is 15.1. The Hall–Kier alpha value is -3.36. The second-order valence-electron chi connectivity index (χ2n) is 7.79. The molecule has 32 heavy (non-hydrogen) atoms. The molecular formula is C23H25F3N4O2. The number of anilines is 1. The van der Waals surface area contributed by atoms with Crippen LogP contribution in [0.3, 0.4) is 0 Å². The van der Waals surface area contributed by atoms with E-state index in [0.29, 0.717) is 11.5 Å². The van der Waals surface area contributed by atoms with Crippen molar-refractivity contribution in [3.05, 3.63) is 65.5 Å². The van der Waals surface area contributed by atoms with Gasteiger partial charge in [0.1, 0.15) is 6.54 Å². The van der Waals surface area contributed by atoms with Crippen LogP contribution in [0.4, 0.5) is 18.9 Å². The first-order valence-corrected chi connectivity index (χ1v) is 10.1. The lowest BCUT2D eigenvalue weighted by molar-refractivity contribution is -0.162. The van der Waals surface area contributed by atoms with Crippen LogP contribution in [0.25, 0.3) is 11.5 Å². The van der Waals surface area contributed by atoms with Gasteiger partial charge in [0.25, 0.3) is 0 Å². The van der Waals surface area contributed by atoms with E-state index in [0.717, 1.165) is 21.7 Å². The van der Waals surface area contributed by atoms with E-state index in [1.54, 1.807) is 24.3 Å². The number of benzene rings is 2. The summed E-state index contributed by atoms with van der Waals surface area (Å²) in [6.45, 7) is 0.502. The van der Waals surface area contributed by atoms with Gasteiger partial charge in [0.05, 0.1) is 0 Å². The summed E-state index contributed by atoms with van der Waals surface area (Å²) in [7, 11) is 3.74. The molecule has 0 fully saturated rings.